The van der Waals surface area contributed by atoms with Gasteiger partial charge in [-0.1, -0.05) is 0 Å². The Morgan fingerprint density at radius 1 is 1.54 bits per heavy atom. The summed E-state index contributed by atoms with van der Waals surface area (Å²) in [6.45, 7) is 0.543. The van der Waals surface area contributed by atoms with Crippen LogP contribution in [-0.4, -0.2) is 42.6 Å². The number of primary amides is 1. The Bertz CT molecular complexity index is 243. The predicted molar refractivity (Wildman–Crippen MR) is 44.7 cm³/mol. The van der Waals surface area contributed by atoms with Crippen LogP contribution < -0.4 is 11.5 Å². The quantitative estimate of drug-likeness (QED) is 0.529. The Morgan fingerprint density at radius 2 is 2.15 bits per heavy atom. The molecule has 0 aliphatic carbocycles. The lowest BCUT2D eigenvalue weighted by Crippen LogP contribution is -2.54. The van der Waals surface area contributed by atoms with Crippen LogP contribution in [0, 0.1) is 0 Å². The maximum Gasteiger partial charge on any atom is 0.409 e. The maximum atomic E-state index is 11.0. The average molecular weight is 187 g/mol. The number of rotatable bonds is 1. The summed E-state index contributed by atoms with van der Waals surface area (Å²) >= 11 is 0. The number of hydrogen-bond acceptors (Lipinski definition) is 4. The number of amides is 2. The Balaban J connectivity index is 2.63. The molecular weight excluding hydrogens is 174 g/mol. The van der Waals surface area contributed by atoms with E-state index in [0.717, 1.165) is 0 Å². The summed E-state index contributed by atoms with van der Waals surface area (Å²) < 4.78 is 4.49. The van der Waals surface area contributed by atoms with Gasteiger partial charge in [0.25, 0.3) is 0 Å². The van der Waals surface area contributed by atoms with Crippen molar-refractivity contribution in [3.05, 3.63) is 0 Å². The summed E-state index contributed by atoms with van der Waals surface area (Å²) in [6.07, 6.45) is -0.0918. The topological polar surface area (TPSA) is 98.7 Å². The lowest BCUT2D eigenvalue weighted by molar-refractivity contribution is -0.122. The van der Waals surface area contributed by atoms with Crippen LogP contribution >= 0.6 is 0 Å². The molecule has 6 nitrogen and oxygen atoms in total. The molecule has 6 heteroatoms. The van der Waals surface area contributed by atoms with E-state index in [2.05, 4.69) is 4.74 Å². The number of nitrogens with two attached hydrogens (primary N) is 2. The van der Waals surface area contributed by atoms with Gasteiger partial charge in [0.2, 0.25) is 5.91 Å². The highest BCUT2D eigenvalue weighted by molar-refractivity contribution is 5.86. The van der Waals surface area contributed by atoms with Crippen molar-refractivity contribution in [3.63, 3.8) is 0 Å². The number of nitrogens with zero attached hydrogens (tertiary/aromatic N) is 1. The van der Waals surface area contributed by atoms with Gasteiger partial charge < -0.3 is 21.1 Å². The number of hydrogen-bond donors (Lipinski definition) is 2. The van der Waals surface area contributed by atoms with Crippen LogP contribution in [-0.2, 0) is 9.53 Å². The van der Waals surface area contributed by atoms with Gasteiger partial charge in [-0.15, -0.1) is 0 Å². The fourth-order valence-corrected chi connectivity index (χ4v) is 1.32. The first-order chi connectivity index (χ1) is 5.99. The molecule has 1 aliphatic heterocycles. The third kappa shape index (κ3) is 1.72. The molecule has 1 atom stereocenters. The van der Waals surface area contributed by atoms with Gasteiger partial charge in [0.05, 0.1) is 13.7 Å². The molecule has 1 fully saturated rings. The van der Waals surface area contributed by atoms with Gasteiger partial charge in [-0.2, -0.15) is 0 Å². The summed E-state index contributed by atoms with van der Waals surface area (Å²) in [5.41, 5.74) is 9.66. The smallest absolute Gasteiger partial charge is 0.409 e. The van der Waals surface area contributed by atoms with Crippen molar-refractivity contribution < 1.29 is 14.3 Å². The molecule has 0 aromatic heterocycles. The van der Waals surface area contributed by atoms with Crippen molar-refractivity contribution in [3.8, 4) is 0 Å². The van der Waals surface area contributed by atoms with E-state index in [4.69, 9.17) is 11.5 Å². The van der Waals surface area contributed by atoms with Gasteiger partial charge in [0.1, 0.15) is 5.54 Å². The van der Waals surface area contributed by atoms with Gasteiger partial charge in [-0.05, 0) is 6.42 Å². The zero-order valence-corrected chi connectivity index (χ0v) is 7.45. The maximum absolute atomic E-state index is 11.0. The highest BCUT2D eigenvalue weighted by atomic mass is 16.5. The summed E-state index contributed by atoms with van der Waals surface area (Å²) in [5.74, 6) is -0.584. The van der Waals surface area contributed by atoms with Crippen molar-refractivity contribution in [2.45, 2.75) is 12.0 Å². The van der Waals surface area contributed by atoms with Gasteiger partial charge in [0.15, 0.2) is 0 Å². The van der Waals surface area contributed by atoms with Gasteiger partial charge in [-0.25, -0.2) is 4.79 Å². The van der Waals surface area contributed by atoms with Crippen LogP contribution in [0.5, 0.6) is 0 Å². The second-order valence-corrected chi connectivity index (χ2v) is 3.16. The number of ether oxygens (including phenoxy) is 1. The number of likely N-dealkylation sites (tertiary alicyclic amines) is 1. The standard InChI is InChI=1S/C7H13N3O3/c1-13-6(12)10-3-2-7(9,4-10)5(8)11/h2-4,9H2,1H3,(H2,8,11). The molecule has 1 aliphatic rings. The highest BCUT2D eigenvalue weighted by Gasteiger charge is 2.41. The molecule has 0 bridgehead atoms. The molecule has 1 heterocycles. The first kappa shape index (κ1) is 9.79. The summed E-state index contributed by atoms with van der Waals surface area (Å²) in [4.78, 5) is 23.3. The van der Waals surface area contributed by atoms with Crippen LogP contribution in [0.3, 0.4) is 0 Å². The van der Waals surface area contributed by atoms with E-state index in [1.165, 1.54) is 12.0 Å². The molecule has 0 aromatic carbocycles. The molecule has 2 amide bonds. The minimum atomic E-state index is -1.09. The second kappa shape index (κ2) is 3.21. The predicted octanol–water partition coefficient (Wildman–Crippen LogP) is -1.36. The van der Waals surface area contributed by atoms with Crippen LogP contribution in [0.15, 0.2) is 0 Å². The molecule has 74 valence electrons. The molecule has 0 spiro atoms. The molecule has 1 saturated heterocycles. The fourth-order valence-electron chi connectivity index (χ4n) is 1.32. The first-order valence-corrected chi connectivity index (χ1v) is 3.91. The Labute approximate surface area is 75.8 Å². The second-order valence-electron chi connectivity index (χ2n) is 3.16. The van der Waals surface area contributed by atoms with Gasteiger partial charge >= 0.3 is 6.09 Å². The van der Waals surface area contributed by atoms with Crippen molar-refractivity contribution in [1.82, 2.24) is 4.90 Å². The van der Waals surface area contributed by atoms with Crippen LogP contribution in [0.25, 0.3) is 0 Å². The zero-order valence-electron chi connectivity index (χ0n) is 7.45. The van der Waals surface area contributed by atoms with E-state index in [1.54, 1.807) is 0 Å². The molecule has 0 radical (unpaired) electrons. The fraction of sp³-hybridized carbons (Fsp3) is 0.714. The van der Waals surface area contributed by atoms with E-state index in [-0.39, 0.29) is 6.54 Å². The molecule has 1 rings (SSSR count). The monoisotopic (exact) mass is 187 g/mol. The van der Waals surface area contributed by atoms with Gasteiger partial charge in [0, 0.05) is 6.54 Å². The largest absolute Gasteiger partial charge is 0.453 e. The third-order valence-corrected chi connectivity index (χ3v) is 2.22. The molecule has 1 unspecified atom stereocenters. The normalized spacial score (nSPS) is 27.4. The molecule has 4 N–H and O–H groups in total. The first-order valence-electron chi connectivity index (χ1n) is 3.91. The minimum Gasteiger partial charge on any atom is -0.453 e. The van der Waals surface area contributed by atoms with E-state index >= 15 is 0 Å². The Kier molecular flexibility index (Phi) is 2.42. The van der Waals surface area contributed by atoms with Crippen molar-refractivity contribution >= 4 is 12.0 Å². The van der Waals surface area contributed by atoms with E-state index in [0.29, 0.717) is 13.0 Å². The highest BCUT2D eigenvalue weighted by Crippen LogP contribution is 2.18. The van der Waals surface area contributed by atoms with Crippen LogP contribution in [0.1, 0.15) is 6.42 Å². The SMILES string of the molecule is COC(=O)N1CCC(N)(C(N)=O)C1. The Hall–Kier alpha value is -1.30. The molecule has 0 saturated carbocycles. The van der Waals surface area contributed by atoms with Crippen LogP contribution in [0.2, 0.25) is 0 Å². The Morgan fingerprint density at radius 3 is 2.54 bits per heavy atom. The lowest BCUT2D eigenvalue weighted by atomic mass is 10.00. The lowest BCUT2D eigenvalue weighted by Gasteiger charge is -2.19. The van der Waals surface area contributed by atoms with Gasteiger partial charge in [-0.3, -0.25) is 4.79 Å². The third-order valence-electron chi connectivity index (χ3n) is 2.22. The molecule has 0 aromatic rings. The number of methoxy groups -OCH3 is 1. The summed E-state index contributed by atoms with van der Waals surface area (Å²) in [7, 11) is 1.28. The van der Waals surface area contributed by atoms with E-state index < -0.39 is 17.5 Å². The minimum absolute atomic E-state index is 0.134. The number of carbonyl (C=O) groups is 2. The molecular formula is C7H13N3O3. The van der Waals surface area contributed by atoms with Crippen molar-refractivity contribution in [2.75, 3.05) is 20.2 Å². The zero-order chi connectivity index (χ0) is 10.1. The van der Waals surface area contributed by atoms with Crippen molar-refractivity contribution in [2.24, 2.45) is 11.5 Å². The average Bonchev–Trinajstić information content (AvgIpc) is 2.48. The summed E-state index contributed by atoms with van der Waals surface area (Å²) in [5, 5.41) is 0. The van der Waals surface area contributed by atoms with E-state index in [1.807, 2.05) is 0 Å². The van der Waals surface area contributed by atoms with Crippen LogP contribution in [0.4, 0.5) is 4.79 Å². The van der Waals surface area contributed by atoms with E-state index in [9.17, 15) is 9.59 Å². The number of carbonyl (C=O) groups excluding carboxylic acids is 2. The van der Waals surface area contributed by atoms with Crippen molar-refractivity contribution in [1.29, 1.82) is 0 Å². The molecule has 13 heavy (non-hydrogen) atoms. The summed E-state index contributed by atoms with van der Waals surface area (Å²) in [6, 6.07) is 0.